The summed E-state index contributed by atoms with van der Waals surface area (Å²) in [7, 11) is 0. The van der Waals surface area contributed by atoms with Gasteiger partial charge in [0.05, 0.1) is 23.5 Å². The van der Waals surface area contributed by atoms with Gasteiger partial charge >= 0.3 is 6.09 Å². The Morgan fingerprint density at radius 2 is 1.94 bits per heavy atom. The van der Waals surface area contributed by atoms with Crippen molar-refractivity contribution in [3.8, 4) is 0 Å². The Morgan fingerprint density at radius 1 is 1.09 bits per heavy atom. The van der Waals surface area contributed by atoms with Crippen LogP contribution in [0.15, 0.2) is 52.2 Å². The standard InChI is InChI=1S/C24H21FN4O4S/c25-17-4-1-13-2-6-21(31)29-10-14(22(17)23(13)29)8-26-9-16-11-28(24(32)33-16)15-3-5-19-18(7-15)27-20(30)12-34-19/h1-7,14,16,26H,8-12H2,(H,27,30)/t14-,16+/m1/s1. The summed E-state index contributed by atoms with van der Waals surface area (Å²) in [5.74, 6) is -0.185. The Labute approximate surface area is 198 Å². The van der Waals surface area contributed by atoms with E-state index in [0.29, 0.717) is 54.4 Å². The third-order valence-corrected chi connectivity index (χ3v) is 7.57. The first-order valence-electron chi connectivity index (χ1n) is 11.1. The summed E-state index contributed by atoms with van der Waals surface area (Å²) in [5, 5.41) is 6.98. The molecule has 1 fully saturated rings. The van der Waals surface area contributed by atoms with Gasteiger partial charge in [0.1, 0.15) is 11.9 Å². The van der Waals surface area contributed by atoms with E-state index < -0.39 is 6.09 Å². The molecule has 6 rings (SSSR count). The van der Waals surface area contributed by atoms with Crippen molar-refractivity contribution in [2.24, 2.45) is 0 Å². The molecule has 174 valence electrons. The van der Waals surface area contributed by atoms with Crippen LogP contribution in [0.1, 0.15) is 11.5 Å². The minimum atomic E-state index is -0.447. The van der Waals surface area contributed by atoms with Gasteiger partial charge in [-0.05, 0) is 41.8 Å². The van der Waals surface area contributed by atoms with Crippen LogP contribution in [0.2, 0.25) is 0 Å². The number of ether oxygens (including phenoxy) is 1. The molecule has 34 heavy (non-hydrogen) atoms. The lowest BCUT2D eigenvalue weighted by Crippen LogP contribution is -2.33. The maximum absolute atomic E-state index is 14.7. The number of halogens is 1. The second kappa shape index (κ2) is 8.14. The van der Waals surface area contributed by atoms with E-state index in [-0.39, 0.29) is 29.3 Å². The summed E-state index contributed by atoms with van der Waals surface area (Å²) in [6, 6.07) is 11.9. The van der Waals surface area contributed by atoms with E-state index in [1.54, 1.807) is 27.7 Å². The first-order chi connectivity index (χ1) is 16.5. The number of carbonyl (C=O) groups is 2. The van der Waals surface area contributed by atoms with E-state index in [4.69, 9.17) is 4.74 Å². The van der Waals surface area contributed by atoms with Crippen molar-refractivity contribution >= 4 is 46.0 Å². The number of nitrogens with zero attached hydrogens (tertiary/aromatic N) is 2. The highest BCUT2D eigenvalue weighted by Gasteiger charge is 2.34. The number of benzene rings is 2. The van der Waals surface area contributed by atoms with Crippen LogP contribution >= 0.6 is 11.8 Å². The van der Waals surface area contributed by atoms with Crippen molar-refractivity contribution in [2.45, 2.75) is 23.5 Å². The number of rotatable bonds is 5. The Hall–Kier alpha value is -3.37. The maximum atomic E-state index is 14.7. The van der Waals surface area contributed by atoms with Crippen LogP contribution in [0, 0.1) is 5.82 Å². The molecule has 10 heteroatoms. The molecule has 0 unspecified atom stereocenters. The molecule has 3 aliphatic rings. The number of hydrogen-bond donors (Lipinski definition) is 2. The summed E-state index contributed by atoms with van der Waals surface area (Å²) in [6.07, 6.45) is -0.822. The number of thioether (sulfide) groups is 1. The van der Waals surface area contributed by atoms with Gasteiger partial charge in [-0.1, -0.05) is 0 Å². The smallest absolute Gasteiger partial charge is 0.414 e. The zero-order valence-corrected chi connectivity index (χ0v) is 18.9. The van der Waals surface area contributed by atoms with E-state index >= 15 is 0 Å². The molecule has 1 saturated heterocycles. The molecule has 2 amide bonds. The van der Waals surface area contributed by atoms with E-state index in [1.807, 2.05) is 12.1 Å². The highest BCUT2D eigenvalue weighted by Crippen LogP contribution is 2.36. The van der Waals surface area contributed by atoms with Gasteiger partial charge in [0.15, 0.2) is 0 Å². The fourth-order valence-corrected chi connectivity index (χ4v) is 5.73. The maximum Gasteiger partial charge on any atom is 0.414 e. The van der Waals surface area contributed by atoms with Gasteiger partial charge in [0, 0.05) is 47.8 Å². The highest BCUT2D eigenvalue weighted by molar-refractivity contribution is 8.00. The first kappa shape index (κ1) is 21.2. The molecular weight excluding hydrogens is 459 g/mol. The van der Waals surface area contributed by atoms with Crippen LogP contribution < -0.4 is 21.1 Å². The number of carbonyl (C=O) groups excluding carboxylic acids is 2. The Balaban J connectivity index is 1.12. The van der Waals surface area contributed by atoms with Crippen molar-refractivity contribution in [1.82, 2.24) is 9.88 Å². The second-order valence-electron chi connectivity index (χ2n) is 8.67. The Kier molecular flexibility index (Phi) is 5.07. The van der Waals surface area contributed by atoms with Gasteiger partial charge < -0.3 is 19.9 Å². The van der Waals surface area contributed by atoms with E-state index in [1.165, 1.54) is 23.9 Å². The summed E-state index contributed by atoms with van der Waals surface area (Å²) in [6.45, 7) is 1.63. The lowest BCUT2D eigenvalue weighted by atomic mass is 9.99. The second-order valence-corrected chi connectivity index (χ2v) is 9.69. The summed E-state index contributed by atoms with van der Waals surface area (Å²) in [5.41, 5.74) is 2.44. The monoisotopic (exact) mass is 480 g/mol. The Morgan fingerprint density at radius 3 is 2.82 bits per heavy atom. The van der Waals surface area contributed by atoms with Gasteiger partial charge in [-0.25, -0.2) is 9.18 Å². The molecule has 1 aromatic heterocycles. The summed E-state index contributed by atoms with van der Waals surface area (Å²) in [4.78, 5) is 39.0. The molecule has 0 bridgehead atoms. The Bertz CT molecular complexity index is 1410. The van der Waals surface area contributed by atoms with Crippen molar-refractivity contribution in [3.63, 3.8) is 0 Å². The number of anilines is 2. The predicted octanol–water partition coefficient (Wildman–Crippen LogP) is 2.90. The highest BCUT2D eigenvalue weighted by atomic mass is 32.2. The summed E-state index contributed by atoms with van der Waals surface area (Å²) < 4.78 is 21.8. The number of cyclic esters (lactones) is 1. The molecule has 2 N–H and O–H groups in total. The van der Waals surface area contributed by atoms with Crippen LogP contribution in [0.25, 0.3) is 10.9 Å². The lowest BCUT2D eigenvalue weighted by molar-refractivity contribution is -0.113. The average molecular weight is 481 g/mol. The molecule has 4 heterocycles. The zero-order valence-electron chi connectivity index (χ0n) is 18.0. The van der Waals surface area contributed by atoms with E-state index in [9.17, 15) is 18.8 Å². The van der Waals surface area contributed by atoms with E-state index in [2.05, 4.69) is 10.6 Å². The molecule has 3 aromatic rings. The van der Waals surface area contributed by atoms with Crippen molar-refractivity contribution in [2.75, 3.05) is 35.6 Å². The molecule has 2 atom stereocenters. The normalized spacial score (nSPS) is 21.0. The van der Waals surface area contributed by atoms with Gasteiger partial charge in [-0.2, -0.15) is 0 Å². The molecule has 0 spiro atoms. The molecule has 2 aromatic carbocycles. The molecular formula is C24H21FN4O4S. The lowest BCUT2D eigenvalue weighted by Gasteiger charge is -2.20. The minimum Gasteiger partial charge on any atom is -0.443 e. The predicted molar refractivity (Wildman–Crippen MR) is 127 cm³/mol. The van der Waals surface area contributed by atoms with Crippen LogP contribution in [-0.2, 0) is 16.1 Å². The fourth-order valence-electron chi connectivity index (χ4n) is 4.94. The zero-order chi connectivity index (χ0) is 23.4. The van der Waals surface area contributed by atoms with Gasteiger partial charge in [-0.3, -0.25) is 14.5 Å². The average Bonchev–Trinajstić information content (AvgIpc) is 3.39. The SMILES string of the molecule is O=C1CSc2ccc(N3C[C@H](CNC[C@@H]4Cn5c(=O)ccc6ccc(F)c4c65)OC3=O)cc2N1. The largest absolute Gasteiger partial charge is 0.443 e. The van der Waals surface area contributed by atoms with Crippen LogP contribution in [0.3, 0.4) is 0 Å². The van der Waals surface area contributed by atoms with Crippen LogP contribution in [0.4, 0.5) is 20.6 Å². The van der Waals surface area contributed by atoms with Crippen LogP contribution in [0.5, 0.6) is 0 Å². The van der Waals surface area contributed by atoms with Crippen molar-refractivity contribution in [1.29, 1.82) is 0 Å². The van der Waals surface area contributed by atoms with Gasteiger partial charge in [-0.15, -0.1) is 11.8 Å². The fraction of sp³-hybridized carbons (Fsp3) is 0.292. The molecule has 3 aliphatic heterocycles. The number of fused-ring (bicyclic) bond motifs is 1. The third kappa shape index (κ3) is 3.54. The third-order valence-electron chi connectivity index (χ3n) is 6.49. The van der Waals surface area contributed by atoms with Gasteiger partial charge in [0.2, 0.25) is 5.91 Å². The number of pyridine rings is 1. The van der Waals surface area contributed by atoms with Gasteiger partial charge in [0.25, 0.3) is 5.56 Å². The quantitative estimate of drug-likeness (QED) is 0.584. The van der Waals surface area contributed by atoms with Crippen molar-refractivity contribution in [3.05, 3.63) is 64.2 Å². The topological polar surface area (TPSA) is 92.7 Å². The van der Waals surface area contributed by atoms with Crippen LogP contribution in [-0.4, -0.2) is 48.1 Å². The number of amides is 2. The minimum absolute atomic E-state index is 0.0656. The molecule has 0 radical (unpaired) electrons. The molecule has 0 aliphatic carbocycles. The van der Waals surface area contributed by atoms with E-state index in [0.717, 1.165) is 10.3 Å². The first-order valence-corrected chi connectivity index (χ1v) is 12.0. The number of hydrogen-bond acceptors (Lipinski definition) is 6. The molecule has 0 saturated carbocycles. The number of aromatic nitrogens is 1. The molecule has 8 nitrogen and oxygen atoms in total. The van der Waals surface area contributed by atoms with Crippen molar-refractivity contribution < 1.29 is 18.7 Å². The summed E-state index contributed by atoms with van der Waals surface area (Å²) >= 11 is 1.46. The number of nitrogens with one attached hydrogen (secondary N) is 2.